The van der Waals surface area contributed by atoms with E-state index in [1.165, 1.54) is 11.1 Å². The molecule has 2 heterocycles. The van der Waals surface area contributed by atoms with Crippen LogP contribution in [0.1, 0.15) is 0 Å². The molecule has 0 aliphatic rings. The van der Waals surface area contributed by atoms with Crippen LogP contribution in [-0.4, -0.2) is 9.97 Å². The van der Waals surface area contributed by atoms with Gasteiger partial charge in [0.2, 0.25) is 5.71 Å². The third-order valence-electron chi connectivity index (χ3n) is 8.69. The zero-order valence-corrected chi connectivity index (χ0v) is 24.3. The second-order valence-corrected chi connectivity index (χ2v) is 11.4. The van der Waals surface area contributed by atoms with Crippen LogP contribution in [0.4, 0.5) is 0 Å². The van der Waals surface area contributed by atoms with E-state index in [4.69, 9.17) is 14.4 Å². The Balaban J connectivity index is 1.30. The molecule has 0 N–H and O–H groups in total. The fourth-order valence-electron chi connectivity index (χ4n) is 6.51. The zero-order valence-electron chi connectivity index (χ0n) is 24.3. The molecule has 0 fully saturated rings. The Morgan fingerprint density at radius 2 is 0.978 bits per heavy atom. The summed E-state index contributed by atoms with van der Waals surface area (Å²) in [5.74, 6) is 0.647. The standard InChI is InChI=1S/C42H26N2O/c1-2-11-27(12-3-1)30-16-8-17-31(25-30)32-18-9-19-33(26-32)39-38-37-24-23-29-14-5-7-21-35(29)40(37)45-42(38)44-41(43-39)36-22-10-15-28-13-4-6-20-34(28)36/h1-26H. The lowest BCUT2D eigenvalue weighted by Crippen LogP contribution is -1.95. The average Bonchev–Trinajstić information content (AvgIpc) is 3.51. The first-order valence-electron chi connectivity index (χ1n) is 15.2. The molecule has 0 bridgehead atoms. The van der Waals surface area contributed by atoms with Crippen molar-refractivity contribution in [2.24, 2.45) is 0 Å². The van der Waals surface area contributed by atoms with Crippen LogP contribution in [0.25, 0.3) is 88.5 Å². The van der Waals surface area contributed by atoms with E-state index in [1.807, 2.05) is 6.07 Å². The number of benzene rings is 7. The highest BCUT2D eigenvalue weighted by Gasteiger charge is 2.20. The SMILES string of the molecule is c1ccc(-c2cccc(-c3cccc(-c4nc(-c5cccc6ccccc56)nc5oc6c7ccccc7ccc6c45)c3)c2)cc1. The first kappa shape index (κ1) is 25.4. The monoisotopic (exact) mass is 574 g/mol. The van der Waals surface area contributed by atoms with Gasteiger partial charge < -0.3 is 4.42 Å². The van der Waals surface area contributed by atoms with Crippen LogP contribution >= 0.6 is 0 Å². The van der Waals surface area contributed by atoms with Crippen molar-refractivity contribution in [3.63, 3.8) is 0 Å². The molecule has 3 nitrogen and oxygen atoms in total. The summed E-state index contributed by atoms with van der Waals surface area (Å²) in [6.07, 6.45) is 0. The van der Waals surface area contributed by atoms with E-state index in [-0.39, 0.29) is 0 Å². The average molecular weight is 575 g/mol. The predicted molar refractivity (Wildman–Crippen MR) is 186 cm³/mol. The Hall–Kier alpha value is -6.06. The highest BCUT2D eigenvalue weighted by atomic mass is 16.3. The van der Waals surface area contributed by atoms with Crippen molar-refractivity contribution in [3.8, 4) is 44.9 Å². The molecule has 0 spiro atoms. The minimum absolute atomic E-state index is 0.589. The molecule has 210 valence electrons. The summed E-state index contributed by atoms with van der Waals surface area (Å²) in [4.78, 5) is 10.4. The van der Waals surface area contributed by atoms with Crippen LogP contribution in [0.3, 0.4) is 0 Å². The molecule has 7 aromatic carbocycles. The fraction of sp³-hybridized carbons (Fsp3) is 0. The van der Waals surface area contributed by atoms with Crippen LogP contribution in [-0.2, 0) is 0 Å². The van der Waals surface area contributed by atoms with Gasteiger partial charge >= 0.3 is 0 Å². The van der Waals surface area contributed by atoms with Crippen molar-refractivity contribution in [1.29, 1.82) is 0 Å². The van der Waals surface area contributed by atoms with Gasteiger partial charge in [-0.2, -0.15) is 4.98 Å². The Kier molecular flexibility index (Phi) is 5.82. The second-order valence-electron chi connectivity index (χ2n) is 11.4. The van der Waals surface area contributed by atoms with E-state index in [9.17, 15) is 0 Å². The summed E-state index contributed by atoms with van der Waals surface area (Å²) in [5.41, 5.74) is 8.95. The van der Waals surface area contributed by atoms with Crippen molar-refractivity contribution in [1.82, 2.24) is 9.97 Å². The second kappa shape index (κ2) is 10.3. The summed E-state index contributed by atoms with van der Waals surface area (Å²) in [5, 5.41) is 6.40. The normalized spacial score (nSPS) is 11.6. The van der Waals surface area contributed by atoms with Crippen molar-refractivity contribution in [2.45, 2.75) is 0 Å². The maximum atomic E-state index is 6.63. The fourth-order valence-corrected chi connectivity index (χ4v) is 6.51. The summed E-state index contributed by atoms with van der Waals surface area (Å²) >= 11 is 0. The number of nitrogens with zero attached hydrogens (tertiary/aromatic N) is 2. The Bertz CT molecular complexity index is 2540. The molecule has 0 aliphatic heterocycles. The first-order chi connectivity index (χ1) is 22.3. The molecular formula is C42H26N2O. The summed E-state index contributed by atoms with van der Waals surface area (Å²) < 4.78 is 6.63. The van der Waals surface area contributed by atoms with E-state index in [0.717, 1.165) is 65.8 Å². The summed E-state index contributed by atoms with van der Waals surface area (Å²) in [6, 6.07) is 55.1. The van der Waals surface area contributed by atoms with E-state index in [0.29, 0.717) is 11.5 Å². The lowest BCUT2D eigenvalue weighted by molar-refractivity contribution is 0.657. The third kappa shape index (κ3) is 4.29. The van der Waals surface area contributed by atoms with Gasteiger partial charge in [0.05, 0.1) is 11.1 Å². The van der Waals surface area contributed by atoms with Gasteiger partial charge in [0.1, 0.15) is 5.58 Å². The molecule has 0 radical (unpaired) electrons. The Morgan fingerprint density at radius 3 is 1.78 bits per heavy atom. The van der Waals surface area contributed by atoms with Gasteiger partial charge in [0, 0.05) is 21.9 Å². The number of hydrogen-bond donors (Lipinski definition) is 0. The molecule has 0 atom stereocenters. The van der Waals surface area contributed by atoms with E-state index < -0.39 is 0 Å². The molecule has 0 saturated carbocycles. The molecule has 0 amide bonds. The van der Waals surface area contributed by atoms with E-state index in [1.54, 1.807) is 0 Å². The molecule has 0 aliphatic carbocycles. The van der Waals surface area contributed by atoms with Gasteiger partial charge in [-0.3, -0.25) is 0 Å². The lowest BCUT2D eigenvalue weighted by Gasteiger charge is -2.11. The Morgan fingerprint density at radius 1 is 0.400 bits per heavy atom. The first-order valence-corrected chi connectivity index (χ1v) is 15.2. The van der Waals surface area contributed by atoms with Crippen LogP contribution < -0.4 is 0 Å². The van der Waals surface area contributed by atoms with Crippen molar-refractivity contribution >= 4 is 43.6 Å². The largest absolute Gasteiger partial charge is 0.437 e. The number of furan rings is 1. The highest BCUT2D eigenvalue weighted by molar-refractivity contribution is 6.18. The van der Waals surface area contributed by atoms with E-state index >= 15 is 0 Å². The van der Waals surface area contributed by atoms with Crippen molar-refractivity contribution in [3.05, 3.63) is 158 Å². The van der Waals surface area contributed by atoms with E-state index in [2.05, 4.69) is 152 Å². The molecule has 9 rings (SSSR count). The maximum absolute atomic E-state index is 6.63. The van der Waals surface area contributed by atoms with Gasteiger partial charge in [-0.1, -0.05) is 140 Å². The minimum Gasteiger partial charge on any atom is -0.437 e. The number of rotatable bonds is 4. The molecule has 0 unspecified atom stereocenters. The third-order valence-corrected chi connectivity index (χ3v) is 8.69. The molecule has 3 heteroatoms. The van der Waals surface area contributed by atoms with Gasteiger partial charge in [-0.05, 0) is 56.6 Å². The molecular weight excluding hydrogens is 548 g/mol. The summed E-state index contributed by atoms with van der Waals surface area (Å²) in [7, 11) is 0. The highest BCUT2D eigenvalue weighted by Crippen LogP contribution is 2.40. The Labute approximate surface area is 260 Å². The lowest BCUT2D eigenvalue weighted by atomic mass is 9.96. The zero-order chi connectivity index (χ0) is 29.7. The minimum atomic E-state index is 0.589. The van der Waals surface area contributed by atoms with Gasteiger partial charge in [0.25, 0.3) is 0 Å². The van der Waals surface area contributed by atoms with Gasteiger partial charge in [-0.25, -0.2) is 4.98 Å². The molecule has 45 heavy (non-hydrogen) atoms. The van der Waals surface area contributed by atoms with Crippen LogP contribution in [0.15, 0.2) is 162 Å². The number of fused-ring (bicyclic) bond motifs is 6. The quantitative estimate of drug-likeness (QED) is 0.210. The smallest absolute Gasteiger partial charge is 0.231 e. The van der Waals surface area contributed by atoms with Gasteiger partial charge in [-0.15, -0.1) is 0 Å². The van der Waals surface area contributed by atoms with Crippen LogP contribution in [0.5, 0.6) is 0 Å². The predicted octanol–water partition coefficient (Wildman–Crippen LogP) is 11.4. The van der Waals surface area contributed by atoms with Crippen LogP contribution in [0, 0.1) is 0 Å². The van der Waals surface area contributed by atoms with Crippen molar-refractivity contribution in [2.75, 3.05) is 0 Å². The van der Waals surface area contributed by atoms with Crippen molar-refractivity contribution < 1.29 is 4.42 Å². The van der Waals surface area contributed by atoms with Crippen LogP contribution in [0.2, 0.25) is 0 Å². The molecule has 9 aromatic rings. The maximum Gasteiger partial charge on any atom is 0.231 e. The number of aromatic nitrogens is 2. The topological polar surface area (TPSA) is 38.9 Å². The van der Waals surface area contributed by atoms with Gasteiger partial charge in [0.15, 0.2) is 5.82 Å². The summed E-state index contributed by atoms with van der Waals surface area (Å²) in [6.45, 7) is 0. The molecule has 0 saturated heterocycles. The molecule has 2 aromatic heterocycles. The number of hydrogen-bond acceptors (Lipinski definition) is 3.